The van der Waals surface area contributed by atoms with Crippen LogP contribution in [-0.4, -0.2) is 23.0 Å². The molecule has 268 valence electrons. The number of amides is 2. The molecule has 7 rings (SSSR count). The predicted octanol–water partition coefficient (Wildman–Crippen LogP) is 8.93. The summed E-state index contributed by atoms with van der Waals surface area (Å²) in [4.78, 5) is 12.8. The number of thioether (sulfide) groups is 1. The summed E-state index contributed by atoms with van der Waals surface area (Å²) in [6, 6.07) is 45.7. The number of aliphatic hydroxyl groups excluding tert-OH is 1. The van der Waals surface area contributed by atoms with E-state index >= 15 is 0 Å². The van der Waals surface area contributed by atoms with Crippen LogP contribution in [0.3, 0.4) is 0 Å². The Morgan fingerprint density at radius 2 is 1.51 bits per heavy atom. The van der Waals surface area contributed by atoms with E-state index in [1.165, 1.54) is 18.0 Å². The van der Waals surface area contributed by atoms with E-state index in [-0.39, 0.29) is 24.8 Å². The minimum absolute atomic E-state index is 0.0270. The summed E-state index contributed by atoms with van der Waals surface area (Å²) in [6.45, 7) is 0.311. The molecule has 0 spiro atoms. The van der Waals surface area contributed by atoms with Gasteiger partial charge in [0.2, 0.25) is 0 Å². The first-order valence-electron chi connectivity index (χ1n) is 17.4. The van der Waals surface area contributed by atoms with E-state index in [1.807, 2.05) is 109 Å². The fourth-order valence-corrected chi connectivity index (χ4v) is 6.97. The van der Waals surface area contributed by atoms with E-state index in [2.05, 4.69) is 22.8 Å². The van der Waals surface area contributed by atoms with Crippen molar-refractivity contribution in [2.24, 2.45) is 0 Å². The zero-order chi connectivity index (χ0) is 36.4. The molecule has 53 heavy (non-hydrogen) atoms. The summed E-state index contributed by atoms with van der Waals surface area (Å²) in [5.41, 5.74) is 6.27. The number of para-hydroxylation sites is 1. The molecule has 1 aliphatic heterocycles. The van der Waals surface area contributed by atoms with Crippen molar-refractivity contribution in [3.05, 3.63) is 179 Å². The Bertz CT molecular complexity index is 2110. The van der Waals surface area contributed by atoms with Crippen LogP contribution >= 0.6 is 11.8 Å². The molecular weight excluding hydrogens is 687 g/mol. The van der Waals surface area contributed by atoms with Crippen LogP contribution in [0.4, 0.5) is 10.5 Å². The summed E-state index contributed by atoms with van der Waals surface area (Å²) >= 11 is 1.46. The second-order valence-corrected chi connectivity index (χ2v) is 13.6. The lowest BCUT2D eigenvalue weighted by molar-refractivity contribution is -0.645. The van der Waals surface area contributed by atoms with Crippen LogP contribution in [0.25, 0.3) is 11.1 Å². The van der Waals surface area contributed by atoms with Crippen molar-refractivity contribution in [2.75, 3.05) is 11.1 Å². The van der Waals surface area contributed by atoms with Gasteiger partial charge in [-0.25, -0.2) is 4.79 Å². The van der Waals surface area contributed by atoms with E-state index in [4.69, 9.17) is 14.2 Å². The molecule has 0 aliphatic carbocycles. The monoisotopic (exact) mass is 725 g/mol. The maximum atomic E-state index is 12.8. The lowest BCUT2D eigenvalue weighted by Gasteiger charge is -2.36. The maximum Gasteiger partial charge on any atom is 0.319 e. The van der Waals surface area contributed by atoms with Crippen LogP contribution in [0.1, 0.15) is 41.1 Å². The van der Waals surface area contributed by atoms with Crippen LogP contribution in [0.15, 0.2) is 157 Å². The molecule has 2 amide bonds. The third-order valence-electron chi connectivity index (χ3n) is 8.78. The predicted molar refractivity (Wildman–Crippen MR) is 205 cm³/mol. The number of rotatable bonds is 12. The van der Waals surface area contributed by atoms with Gasteiger partial charge in [-0.05, 0) is 82.4 Å². The Kier molecular flexibility index (Phi) is 11.6. The van der Waals surface area contributed by atoms with Gasteiger partial charge in [-0.2, -0.15) is 4.73 Å². The highest BCUT2D eigenvalue weighted by Gasteiger charge is 2.33. The van der Waals surface area contributed by atoms with Crippen molar-refractivity contribution in [3.8, 4) is 22.6 Å². The quantitative estimate of drug-likeness (QED) is 0.0656. The van der Waals surface area contributed by atoms with Gasteiger partial charge in [0.15, 0.2) is 12.5 Å². The molecule has 2 heterocycles. The molecule has 1 aromatic heterocycles. The van der Waals surface area contributed by atoms with Gasteiger partial charge in [-0.15, -0.1) is 0 Å². The van der Waals surface area contributed by atoms with Gasteiger partial charge in [0.25, 0.3) is 5.03 Å². The molecule has 3 atom stereocenters. The minimum Gasteiger partial charge on any atom is -0.618 e. The molecule has 9 nitrogen and oxygen atoms in total. The van der Waals surface area contributed by atoms with Crippen molar-refractivity contribution >= 4 is 23.5 Å². The van der Waals surface area contributed by atoms with Gasteiger partial charge >= 0.3 is 6.03 Å². The highest BCUT2D eigenvalue weighted by atomic mass is 32.2. The van der Waals surface area contributed by atoms with Gasteiger partial charge in [0, 0.05) is 42.1 Å². The summed E-state index contributed by atoms with van der Waals surface area (Å²) in [5, 5.41) is 28.3. The third-order valence-corrected chi connectivity index (χ3v) is 9.93. The molecule has 1 fully saturated rings. The molecule has 3 N–H and O–H groups in total. The third kappa shape index (κ3) is 9.62. The van der Waals surface area contributed by atoms with Gasteiger partial charge in [0.1, 0.15) is 11.5 Å². The van der Waals surface area contributed by atoms with E-state index in [9.17, 15) is 15.1 Å². The highest BCUT2D eigenvalue weighted by molar-refractivity contribution is 7.99. The number of carbonyl (C=O) groups excluding carboxylic acids is 1. The van der Waals surface area contributed by atoms with Crippen molar-refractivity contribution in [1.82, 2.24) is 5.32 Å². The number of pyridine rings is 1. The molecular formula is C43H39N3O6S. The number of nitrogens with one attached hydrogen (secondary N) is 2. The van der Waals surface area contributed by atoms with Crippen molar-refractivity contribution in [3.63, 3.8) is 0 Å². The second-order valence-electron chi connectivity index (χ2n) is 12.6. The number of hydrogen-bond donors (Lipinski definition) is 3. The summed E-state index contributed by atoms with van der Waals surface area (Å²) in [7, 11) is 0. The second kappa shape index (κ2) is 17.2. The number of urea groups is 1. The van der Waals surface area contributed by atoms with Gasteiger partial charge in [-0.1, -0.05) is 90.6 Å². The number of anilines is 1. The van der Waals surface area contributed by atoms with Gasteiger partial charge in [0.05, 0.1) is 18.8 Å². The zero-order valence-corrected chi connectivity index (χ0v) is 29.7. The number of benzene rings is 5. The Morgan fingerprint density at radius 1 is 0.774 bits per heavy atom. The average molecular weight is 726 g/mol. The average Bonchev–Trinajstić information content (AvgIpc) is 3.21. The fraction of sp³-hybridized carbons (Fsp3) is 0.163. The van der Waals surface area contributed by atoms with Crippen molar-refractivity contribution in [2.45, 2.75) is 43.1 Å². The van der Waals surface area contributed by atoms with Crippen LogP contribution in [-0.2, 0) is 22.6 Å². The standard InChI is InChI=1S/C43H39N3O6S/c47-28-30-15-17-32(18-16-30)40-26-39(29-53-41-14-4-5-23-46(41)49)51-42(52-40)35-11-7-10-34(25-35)33-9-6-8-31(24-33)27-44-43(48)45-36-19-21-38(22-20-36)50-37-12-2-1-3-13-37/h1-25,39-40,42,47H,26-29H2,(H2,44,45,48). The molecule has 1 aliphatic rings. The molecule has 5 aromatic carbocycles. The zero-order valence-electron chi connectivity index (χ0n) is 28.8. The summed E-state index contributed by atoms with van der Waals surface area (Å²) < 4.78 is 19.8. The van der Waals surface area contributed by atoms with Crippen LogP contribution in [0.5, 0.6) is 11.5 Å². The first-order chi connectivity index (χ1) is 26.0. The SMILES string of the molecule is O=C(NCc1cccc(-c2cccc(C3OC(CSc4cccc[n+]4[O-])CC(c4ccc(CO)cc4)O3)c2)c1)Nc1ccc(Oc2ccccc2)cc1. The largest absolute Gasteiger partial charge is 0.618 e. The molecule has 10 heteroatoms. The first kappa shape index (κ1) is 35.7. The fourth-order valence-electron chi connectivity index (χ4n) is 6.04. The normalized spacial score (nSPS) is 16.8. The number of hydrogen-bond acceptors (Lipinski definition) is 7. The number of aromatic nitrogens is 1. The maximum absolute atomic E-state index is 12.8. The number of nitrogens with zero attached hydrogens (tertiary/aromatic N) is 1. The lowest BCUT2D eigenvalue weighted by atomic mass is 9.99. The van der Waals surface area contributed by atoms with E-state index in [0.717, 1.165) is 43.9 Å². The van der Waals surface area contributed by atoms with E-state index in [0.29, 0.717) is 35.2 Å². The summed E-state index contributed by atoms with van der Waals surface area (Å²) in [6.07, 6.45) is 1.04. The van der Waals surface area contributed by atoms with Crippen LogP contribution < -0.4 is 20.1 Å². The molecule has 3 unspecified atom stereocenters. The number of aliphatic hydroxyl groups is 1. The smallest absolute Gasteiger partial charge is 0.319 e. The Hall–Kier alpha value is -5.65. The highest BCUT2D eigenvalue weighted by Crippen LogP contribution is 2.40. The van der Waals surface area contributed by atoms with Crippen LogP contribution in [0, 0.1) is 5.21 Å². The molecule has 6 aromatic rings. The topological polar surface area (TPSA) is 116 Å². The van der Waals surface area contributed by atoms with Crippen LogP contribution in [0.2, 0.25) is 0 Å². The Balaban J connectivity index is 1.01. The van der Waals surface area contributed by atoms with Gasteiger partial charge < -0.3 is 35.2 Å². The van der Waals surface area contributed by atoms with E-state index < -0.39 is 6.29 Å². The first-order valence-corrected chi connectivity index (χ1v) is 18.4. The van der Waals surface area contributed by atoms with Gasteiger partial charge in [-0.3, -0.25) is 0 Å². The van der Waals surface area contributed by atoms with E-state index in [1.54, 1.807) is 24.3 Å². The molecule has 0 bridgehead atoms. The van der Waals surface area contributed by atoms with Crippen molar-refractivity contribution < 1.29 is 28.8 Å². The molecule has 0 saturated carbocycles. The Morgan fingerprint density at radius 3 is 2.28 bits per heavy atom. The molecule has 0 radical (unpaired) electrons. The summed E-state index contributed by atoms with van der Waals surface area (Å²) in [5.74, 6) is 2.00. The Labute approximate surface area is 312 Å². The van der Waals surface area contributed by atoms with Crippen molar-refractivity contribution in [1.29, 1.82) is 0 Å². The number of ether oxygens (including phenoxy) is 3. The molecule has 1 saturated heterocycles. The lowest BCUT2D eigenvalue weighted by Crippen LogP contribution is -2.32. The minimum atomic E-state index is -0.639. The number of carbonyl (C=O) groups is 1.